The molecule has 1 N–H and O–H groups in total. The maximum absolute atomic E-state index is 12.6. The van der Waals surface area contributed by atoms with E-state index in [9.17, 15) is 14.7 Å². The third kappa shape index (κ3) is 4.77. The summed E-state index contributed by atoms with van der Waals surface area (Å²) < 4.78 is 11.7. The SMILES string of the molecule is Cc1oc(-c2ccccc2)nc1COc1cccc(CC(=O)N2CCCC2C(=O)O)c1. The second kappa shape index (κ2) is 9.04. The van der Waals surface area contributed by atoms with Crippen molar-refractivity contribution in [2.45, 2.75) is 38.8 Å². The lowest BCUT2D eigenvalue weighted by Gasteiger charge is -2.21. The Morgan fingerprint density at radius 2 is 2.00 bits per heavy atom. The number of amides is 1. The molecule has 1 aliphatic rings. The Bertz CT molecular complexity index is 1080. The van der Waals surface area contributed by atoms with E-state index in [-0.39, 0.29) is 18.9 Å². The molecule has 1 atom stereocenters. The van der Waals surface area contributed by atoms with Crippen LogP contribution in [0.3, 0.4) is 0 Å². The number of ether oxygens (including phenoxy) is 1. The molecule has 0 bridgehead atoms. The van der Waals surface area contributed by atoms with Crippen LogP contribution in [0.4, 0.5) is 0 Å². The fourth-order valence-corrected chi connectivity index (χ4v) is 3.76. The standard InChI is InChI=1S/C24H24N2O5/c1-16-20(25-23(31-16)18-8-3-2-4-9-18)15-30-19-10-5-7-17(13-19)14-22(27)26-12-6-11-21(26)24(28)29/h2-5,7-10,13,21H,6,11-12,14-15H2,1H3,(H,28,29). The van der Waals surface area contributed by atoms with E-state index in [0.29, 0.717) is 42.5 Å². The number of aryl methyl sites for hydroxylation is 1. The van der Waals surface area contributed by atoms with Crippen LogP contribution in [0.5, 0.6) is 5.75 Å². The molecule has 1 saturated heterocycles. The number of rotatable bonds is 7. The molecule has 0 aliphatic carbocycles. The Labute approximate surface area is 180 Å². The maximum atomic E-state index is 12.6. The Balaban J connectivity index is 1.40. The van der Waals surface area contributed by atoms with Gasteiger partial charge in [-0.15, -0.1) is 0 Å². The van der Waals surface area contributed by atoms with E-state index in [4.69, 9.17) is 9.15 Å². The molecule has 2 heterocycles. The van der Waals surface area contributed by atoms with Crippen LogP contribution in [-0.2, 0) is 22.6 Å². The normalized spacial score (nSPS) is 15.8. The summed E-state index contributed by atoms with van der Waals surface area (Å²) in [6.45, 7) is 2.58. The highest BCUT2D eigenvalue weighted by Crippen LogP contribution is 2.24. The van der Waals surface area contributed by atoms with Gasteiger partial charge in [0.1, 0.15) is 29.9 Å². The number of carbonyl (C=O) groups excluding carboxylic acids is 1. The molecule has 1 unspecified atom stereocenters. The first-order valence-corrected chi connectivity index (χ1v) is 10.3. The quantitative estimate of drug-likeness (QED) is 0.624. The van der Waals surface area contributed by atoms with Crippen molar-refractivity contribution in [3.05, 3.63) is 71.6 Å². The first-order valence-electron chi connectivity index (χ1n) is 10.3. The topological polar surface area (TPSA) is 92.9 Å². The summed E-state index contributed by atoms with van der Waals surface area (Å²) in [5, 5.41) is 9.29. The summed E-state index contributed by atoms with van der Waals surface area (Å²) in [5.41, 5.74) is 2.39. The lowest BCUT2D eigenvalue weighted by Crippen LogP contribution is -2.41. The number of benzene rings is 2. The largest absolute Gasteiger partial charge is 0.487 e. The van der Waals surface area contributed by atoms with Gasteiger partial charge in [-0.2, -0.15) is 0 Å². The van der Waals surface area contributed by atoms with Crippen molar-refractivity contribution < 1.29 is 23.8 Å². The molecular weight excluding hydrogens is 396 g/mol. The number of likely N-dealkylation sites (tertiary alicyclic amines) is 1. The van der Waals surface area contributed by atoms with Gasteiger partial charge in [0.05, 0.1) is 6.42 Å². The van der Waals surface area contributed by atoms with E-state index >= 15 is 0 Å². The molecule has 0 spiro atoms. The van der Waals surface area contributed by atoms with Crippen LogP contribution < -0.4 is 4.74 Å². The van der Waals surface area contributed by atoms with Gasteiger partial charge >= 0.3 is 5.97 Å². The van der Waals surface area contributed by atoms with Crippen molar-refractivity contribution in [2.24, 2.45) is 0 Å². The number of hydrogen-bond acceptors (Lipinski definition) is 5. The first kappa shape index (κ1) is 20.7. The van der Waals surface area contributed by atoms with Crippen LogP contribution in [0.25, 0.3) is 11.5 Å². The molecule has 4 rings (SSSR count). The molecule has 31 heavy (non-hydrogen) atoms. The second-order valence-electron chi connectivity index (χ2n) is 7.58. The summed E-state index contributed by atoms with van der Waals surface area (Å²) in [6.07, 6.45) is 1.36. The lowest BCUT2D eigenvalue weighted by molar-refractivity contribution is -0.148. The monoisotopic (exact) mass is 420 g/mol. The molecule has 7 heteroatoms. The van der Waals surface area contributed by atoms with Gasteiger partial charge in [-0.1, -0.05) is 30.3 Å². The molecule has 1 aliphatic heterocycles. The van der Waals surface area contributed by atoms with E-state index in [0.717, 1.165) is 11.1 Å². The minimum Gasteiger partial charge on any atom is -0.487 e. The minimum atomic E-state index is -0.944. The van der Waals surface area contributed by atoms with Gasteiger partial charge in [-0.05, 0) is 49.6 Å². The summed E-state index contributed by atoms with van der Waals surface area (Å²) in [6, 6.07) is 16.2. The summed E-state index contributed by atoms with van der Waals surface area (Å²) in [5.74, 6) is 0.737. The Morgan fingerprint density at radius 3 is 2.77 bits per heavy atom. The van der Waals surface area contributed by atoms with Crippen LogP contribution >= 0.6 is 0 Å². The molecule has 0 saturated carbocycles. The van der Waals surface area contributed by atoms with Crippen LogP contribution in [0.2, 0.25) is 0 Å². The van der Waals surface area contributed by atoms with Gasteiger partial charge in [-0.3, -0.25) is 4.79 Å². The van der Waals surface area contributed by atoms with Crippen molar-refractivity contribution >= 4 is 11.9 Å². The zero-order chi connectivity index (χ0) is 21.8. The fraction of sp³-hybridized carbons (Fsp3) is 0.292. The highest BCUT2D eigenvalue weighted by Gasteiger charge is 2.33. The number of carbonyl (C=O) groups is 2. The van der Waals surface area contributed by atoms with Crippen molar-refractivity contribution in [1.82, 2.24) is 9.88 Å². The number of aliphatic carboxylic acids is 1. The maximum Gasteiger partial charge on any atom is 0.326 e. The average molecular weight is 420 g/mol. The van der Waals surface area contributed by atoms with E-state index in [1.807, 2.05) is 55.5 Å². The summed E-state index contributed by atoms with van der Waals surface area (Å²) in [4.78, 5) is 29.9. The zero-order valence-electron chi connectivity index (χ0n) is 17.3. The first-order chi connectivity index (χ1) is 15.0. The van der Waals surface area contributed by atoms with Gasteiger partial charge < -0.3 is 19.2 Å². The molecule has 3 aromatic rings. The van der Waals surface area contributed by atoms with Gasteiger partial charge in [0.15, 0.2) is 0 Å². The van der Waals surface area contributed by atoms with Gasteiger partial charge in [-0.25, -0.2) is 9.78 Å². The molecule has 1 aromatic heterocycles. The highest BCUT2D eigenvalue weighted by molar-refractivity contribution is 5.85. The number of carboxylic acids is 1. The van der Waals surface area contributed by atoms with Crippen LogP contribution in [-0.4, -0.2) is 39.5 Å². The molecule has 1 amide bonds. The van der Waals surface area contributed by atoms with Crippen molar-refractivity contribution in [3.8, 4) is 17.2 Å². The highest BCUT2D eigenvalue weighted by atomic mass is 16.5. The number of aromatic nitrogens is 1. The zero-order valence-corrected chi connectivity index (χ0v) is 17.3. The fourth-order valence-electron chi connectivity index (χ4n) is 3.76. The Morgan fingerprint density at radius 1 is 1.19 bits per heavy atom. The molecular formula is C24H24N2O5. The van der Waals surface area contributed by atoms with Gasteiger partial charge in [0.2, 0.25) is 11.8 Å². The van der Waals surface area contributed by atoms with E-state index in [1.165, 1.54) is 4.90 Å². The number of nitrogens with zero attached hydrogens (tertiary/aromatic N) is 2. The van der Waals surface area contributed by atoms with E-state index in [2.05, 4.69) is 4.98 Å². The van der Waals surface area contributed by atoms with Crippen molar-refractivity contribution in [1.29, 1.82) is 0 Å². The molecule has 160 valence electrons. The number of oxazole rings is 1. The molecule has 0 radical (unpaired) electrons. The van der Waals surface area contributed by atoms with Crippen LogP contribution in [0.15, 0.2) is 59.0 Å². The third-order valence-electron chi connectivity index (χ3n) is 5.40. The lowest BCUT2D eigenvalue weighted by atomic mass is 10.1. The van der Waals surface area contributed by atoms with E-state index in [1.54, 1.807) is 6.07 Å². The van der Waals surface area contributed by atoms with Crippen LogP contribution in [0.1, 0.15) is 29.9 Å². The average Bonchev–Trinajstić information content (AvgIpc) is 3.40. The molecule has 2 aromatic carbocycles. The Kier molecular flexibility index (Phi) is 6.02. The summed E-state index contributed by atoms with van der Waals surface area (Å²) in [7, 11) is 0. The van der Waals surface area contributed by atoms with Crippen LogP contribution in [0, 0.1) is 6.92 Å². The van der Waals surface area contributed by atoms with Gasteiger partial charge in [0.25, 0.3) is 0 Å². The number of carboxylic acid groups (broad SMARTS) is 1. The third-order valence-corrected chi connectivity index (χ3v) is 5.40. The Hall–Kier alpha value is -3.61. The van der Waals surface area contributed by atoms with Gasteiger partial charge in [0, 0.05) is 12.1 Å². The predicted octanol–water partition coefficient (Wildman–Crippen LogP) is 3.85. The predicted molar refractivity (Wildman–Crippen MR) is 114 cm³/mol. The number of hydrogen-bond donors (Lipinski definition) is 1. The molecule has 7 nitrogen and oxygen atoms in total. The second-order valence-corrected chi connectivity index (χ2v) is 7.58. The van der Waals surface area contributed by atoms with E-state index < -0.39 is 12.0 Å². The van der Waals surface area contributed by atoms with Crippen molar-refractivity contribution in [3.63, 3.8) is 0 Å². The minimum absolute atomic E-state index is 0.141. The smallest absolute Gasteiger partial charge is 0.326 e. The van der Waals surface area contributed by atoms with Crippen molar-refractivity contribution in [2.75, 3.05) is 6.54 Å². The molecule has 1 fully saturated rings. The summed E-state index contributed by atoms with van der Waals surface area (Å²) >= 11 is 0.